The first-order chi connectivity index (χ1) is 9.16. The van der Waals surface area contributed by atoms with Crippen molar-refractivity contribution in [3.63, 3.8) is 0 Å². The summed E-state index contributed by atoms with van der Waals surface area (Å²) in [6.07, 6.45) is 4.08. The first-order valence-electron chi connectivity index (χ1n) is 6.54. The second-order valence-corrected chi connectivity index (χ2v) is 4.91. The van der Waals surface area contributed by atoms with Crippen molar-refractivity contribution in [2.45, 2.75) is 19.1 Å². The van der Waals surface area contributed by atoms with Gasteiger partial charge in [0.15, 0.2) is 0 Å². The monoisotopic (exact) mass is 259 g/mol. The molecule has 1 heterocycles. The van der Waals surface area contributed by atoms with Gasteiger partial charge in [-0.2, -0.15) is 0 Å². The Bertz CT molecular complexity index is 495. The predicted molar refractivity (Wildman–Crippen MR) is 75.6 cm³/mol. The maximum Gasteiger partial charge on any atom is 0.122 e. The zero-order valence-electron chi connectivity index (χ0n) is 11.5. The molecule has 0 bridgehead atoms. The third-order valence-electron chi connectivity index (χ3n) is 3.30. The molecule has 19 heavy (non-hydrogen) atoms. The van der Waals surface area contributed by atoms with E-state index in [1.54, 1.807) is 0 Å². The molecule has 4 nitrogen and oxygen atoms in total. The molecule has 0 saturated heterocycles. The second-order valence-electron chi connectivity index (χ2n) is 4.91. The van der Waals surface area contributed by atoms with Gasteiger partial charge in [-0.1, -0.05) is 30.3 Å². The van der Waals surface area contributed by atoms with Gasteiger partial charge >= 0.3 is 0 Å². The van der Waals surface area contributed by atoms with Gasteiger partial charge in [-0.05, 0) is 19.0 Å². The first kappa shape index (κ1) is 13.8. The summed E-state index contributed by atoms with van der Waals surface area (Å²) in [5.74, 6) is 1.04. The molecule has 1 N–H and O–H groups in total. The molecule has 0 fully saturated rings. The lowest BCUT2D eigenvalue weighted by Crippen LogP contribution is -2.22. The number of nitrogens with zero attached hydrogens (tertiary/aromatic N) is 3. The number of aryl methyl sites for hydroxylation is 1. The van der Waals surface area contributed by atoms with Gasteiger partial charge in [0.05, 0.1) is 12.6 Å². The number of imidazole rings is 1. The van der Waals surface area contributed by atoms with Crippen molar-refractivity contribution in [1.82, 2.24) is 14.5 Å². The average Bonchev–Trinajstić information content (AvgIpc) is 2.82. The highest BCUT2D eigenvalue weighted by Crippen LogP contribution is 2.16. The van der Waals surface area contributed by atoms with Crippen LogP contribution in [0.1, 0.15) is 23.9 Å². The van der Waals surface area contributed by atoms with Gasteiger partial charge in [-0.25, -0.2) is 4.98 Å². The summed E-state index contributed by atoms with van der Waals surface area (Å²) in [5.41, 5.74) is 0.980. The van der Waals surface area contributed by atoms with Crippen LogP contribution in [0.4, 0.5) is 0 Å². The Balaban J connectivity index is 1.81. The van der Waals surface area contributed by atoms with Gasteiger partial charge in [0.25, 0.3) is 0 Å². The Morgan fingerprint density at radius 1 is 1.32 bits per heavy atom. The lowest BCUT2D eigenvalue weighted by molar-refractivity contribution is 0.147. The fourth-order valence-corrected chi connectivity index (χ4v) is 2.05. The van der Waals surface area contributed by atoms with Crippen molar-refractivity contribution >= 4 is 0 Å². The van der Waals surface area contributed by atoms with Crippen LogP contribution < -0.4 is 0 Å². The standard InChI is InChI=1S/C15H21N3O/c1-17(12-15-16-9-11-18(15)2)10-8-14(19)13-6-4-3-5-7-13/h3-7,9,11,14,19H,8,10,12H2,1-2H3. The number of benzene rings is 1. The van der Waals surface area contributed by atoms with E-state index in [0.717, 1.165) is 30.9 Å². The molecule has 0 aliphatic rings. The zero-order chi connectivity index (χ0) is 13.7. The molecule has 1 aromatic heterocycles. The van der Waals surface area contributed by atoms with Crippen LogP contribution in [-0.4, -0.2) is 33.1 Å². The molecule has 102 valence electrons. The van der Waals surface area contributed by atoms with Crippen molar-refractivity contribution < 1.29 is 5.11 Å². The van der Waals surface area contributed by atoms with E-state index < -0.39 is 6.10 Å². The van der Waals surface area contributed by atoms with E-state index in [1.807, 2.05) is 61.4 Å². The van der Waals surface area contributed by atoms with E-state index in [4.69, 9.17) is 0 Å². The summed E-state index contributed by atoms with van der Waals surface area (Å²) in [7, 11) is 4.04. The normalized spacial score (nSPS) is 12.8. The molecular weight excluding hydrogens is 238 g/mol. The van der Waals surface area contributed by atoms with Gasteiger partial charge in [0, 0.05) is 26.0 Å². The van der Waals surface area contributed by atoms with E-state index in [-0.39, 0.29) is 0 Å². The summed E-state index contributed by atoms with van der Waals surface area (Å²) < 4.78 is 2.02. The Morgan fingerprint density at radius 2 is 2.05 bits per heavy atom. The molecule has 1 unspecified atom stereocenters. The molecule has 0 radical (unpaired) electrons. The van der Waals surface area contributed by atoms with Crippen LogP contribution in [0.3, 0.4) is 0 Å². The minimum absolute atomic E-state index is 0.398. The van der Waals surface area contributed by atoms with Crippen LogP contribution in [0.5, 0.6) is 0 Å². The van der Waals surface area contributed by atoms with Crippen molar-refractivity contribution in [2.24, 2.45) is 7.05 Å². The predicted octanol–water partition coefficient (Wildman–Crippen LogP) is 1.98. The van der Waals surface area contributed by atoms with E-state index in [9.17, 15) is 5.11 Å². The van der Waals surface area contributed by atoms with Gasteiger partial charge < -0.3 is 9.67 Å². The topological polar surface area (TPSA) is 41.3 Å². The molecular formula is C15H21N3O. The van der Waals surface area contributed by atoms with E-state index in [1.165, 1.54) is 0 Å². The molecule has 0 amide bonds. The highest BCUT2D eigenvalue weighted by Gasteiger charge is 2.10. The SMILES string of the molecule is CN(CCC(O)c1ccccc1)Cc1nccn1C. The minimum atomic E-state index is -0.398. The van der Waals surface area contributed by atoms with Crippen molar-refractivity contribution in [1.29, 1.82) is 0 Å². The Kier molecular flexibility index (Phi) is 4.71. The molecule has 2 rings (SSSR count). The molecule has 0 saturated carbocycles. The summed E-state index contributed by atoms with van der Waals surface area (Å²) in [4.78, 5) is 6.47. The molecule has 0 aliphatic heterocycles. The quantitative estimate of drug-likeness (QED) is 0.862. The third kappa shape index (κ3) is 3.91. The van der Waals surface area contributed by atoms with Gasteiger partial charge in [-0.3, -0.25) is 4.90 Å². The number of hydrogen-bond acceptors (Lipinski definition) is 3. The van der Waals surface area contributed by atoms with Gasteiger partial charge in [0.1, 0.15) is 5.82 Å². The lowest BCUT2D eigenvalue weighted by atomic mass is 10.1. The van der Waals surface area contributed by atoms with Crippen LogP contribution in [0.25, 0.3) is 0 Å². The molecule has 0 spiro atoms. The molecule has 1 atom stereocenters. The fourth-order valence-electron chi connectivity index (χ4n) is 2.05. The lowest BCUT2D eigenvalue weighted by Gasteiger charge is -2.18. The van der Waals surface area contributed by atoms with Crippen LogP contribution in [-0.2, 0) is 13.6 Å². The number of aliphatic hydroxyl groups is 1. The van der Waals surface area contributed by atoms with E-state index >= 15 is 0 Å². The molecule has 1 aromatic carbocycles. The molecule has 2 aromatic rings. The molecule has 4 heteroatoms. The number of rotatable bonds is 6. The Labute approximate surface area is 114 Å². The third-order valence-corrected chi connectivity index (χ3v) is 3.30. The average molecular weight is 259 g/mol. The Hall–Kier alpha value is -1.65. The smallest absolute Gasteiger partial charge is 0.122 e. The number of aromatic nitrogens is 2. The van der Waals surface area contributed by atoms with Crippen molar-refractivity contribution in [3.8, 4) is 0 Å². The number of hydrogen-bond donors (Lipinski definition) is 1. The maximum absolute atomic E-state index is 10.1. The van der Waals surface area contributed by atoms with Crippen LogP contribution in [0, 0.1) is 0 Å². The summed E-state index contributed by atoms with van der Waals surface area (Å²) in [6.45, 7) is 1.63. The fraction of sp³-hybridized carbons (Fsp3) is 0.400. The van der Waals surface area contributed by atoms with E-state index in [0.29, 0.717) is 0 Å². The van der Waals surface area contributed by atoms with E-state index in [2.05, 4.69) is 9.88 Å². The highest BCUT2D eigenvalue weighted by atomic mass is 16.3. The van der Waals surface area contributed by atoms with Gasteiger partial charge in [0.2, 0.25) is 0 Å². The minimum Gasteiger partial charge on any atom is -0.388 e. The Morgan fingerprint density at radius 3 is 2.68 bits per heavy atom. The zero-order valence-corrected chi connectivity index (χ0v) is 11.5. The van der Waals surface area contributed by atoms with Crippen LogP contribution in [0.2, 0.25) is 0 Å². The second kappa shape index (κ2) is 6.50. The summed E-state index contributed by atoms with van der Waals surface area (Å²) >= 11 is 0. The highest BCUT2D eigenvalue weighted by molar-refractivity contribution is 5.17. The van der Waals surface area contributed by atoms with Gasteiger partial charge in [-0.15, -0.1) is 0 Å². The van der Waals surface area contributed by atoms with Crippen molar-refractivity contribution in [3.05, 3.63) is 54.1 Å². The summed E-state index contributed by atoms with van der Waals surface area (Å²) in [6, 6.07) is 9.79. The molecule has 0 aliphatic carbocycles. The first-order valence-corrected chi connectivity index (χ1v) is 6.54. The maximum atomic E-state index is 10.1. The van der Waals surface area contributed by atoms with Crippen molar-refractivity contribution in [2.75, 3.05) is 13.6 Å². The van der Waals surface area contributed by atoms with Crippen LogP contribution in [0.15, 0.2) is 42.7 Å². The van der Waals surface area contributed by atoms with Crippen LogP contribution >= 0.6 is 0 Å². The summed E-state index contributed by atoms with van der Waals surface area (Å²) in [5, 5.41) is 10.1. The largest absolute Gasteiger partial charge is 0.388 e. The number of aliphatic hydroxyl groups excluding tert-OH is 1.